The maximum Gasteiger partial charge on any atom is 0.267 e. The molecule has 1 heterocycles. The maximum atomic E-state index is 13.6. The molecule has 5 heteroatoms. The minimum atomic E-state index is -0.113. The number of amides is 2. The first-order chi connectivity index (χ1) is 16.1. The van der Waals surface area contributed by atoms with Gasteiger partial charge in [-0.2, -0.15) is 0 Å². The summed E-state index contributed by atoms with van der Waals surface area (Å²) in [5.74, 6) is 0.0995. The maximum absolute atomic E-state index is 13.6. The Balaban J connectivity index is 2.22. The molecule has 2 aromatic rings. The number of aryl methyl sites for hydroxylation is 1. The zero-order valence-corrected chi connectivity index (χ0v) is 21.5. The summed E-state index contributed by atoms with van der Waals surface area (Å²) in [6, 6.07) is 13.7. The predicted octanol–water partition coefficient (Wildman–Crippen LogP) is 5.32. The van der Waals surface area contributed by atoms with Crippen LogP contribution in [0.15, 0.2) is 84.1 Å². The van der Waals surface area contributed by atoms with Crippen LogP contribution >= 0.6 is 0 Å². The topological polar surface area (TPSA) is 54.3 Å². The van der Waals surface area contributed by atoms with E-state index >= 15 is 0 Å². The molecule has 1 aromatic carbocycles. The highest BCUT2D eigenvalue weighted by molar-refractivity contribution is 5.97. The smallest absolute Gasteiger partial charge is 0.267 e. The van der Waals surface area contributed by atoms with Gasteiger partial charge < -0.3 is 14.8 Å². The molecule has 182 valence electrons. The molecule has 0 aliphatic carbocycles. The van der Waals surface area contributed by atoms with Crippen LogP contribution in [-0.4, -0.2) is 40.9 Å². The molecule has 34 heavy (non-hydrogen) atoms. The van der Waals surface area contributed by atoms with Gasteiger partial charge in [0, 0.05) is 38.5 Å². The molecule has 5 nitrogen and oxygen atoms in total. The number of hydrogen-bond acceptors (Lipinski definition) is 2. The molecular weight excluding hydrogens is 422 g/mol. The van der Waals surface area contributed by atoms with Crippen LogP contribution in [0.1, 0.15) is 50.2 Å². The number of likely N-dealkylation sites (N-methyl/N-ethyl adjacent to an activating group) is 1. The predicted molar refractivity (Wildman–Crippen MR) is 141 cm³/mol. The molecule has 0 aliphatic rings. The Morgan fingerprint density at radius 1 is 1.09 bits per heavy atom. The van der Waals surface area contributed by atoms with Gasteiger partial charge in [0.15, 0.2) is 0 Å². The third-order valence-electron chi connectivity index (χ3n) is 5.90. The molecule has 0 unspecified atom stereocenters. The zero-order chi connectivity index (χ0) is 25.3. The first-order valence-corrected chi connectivity index (χ1v) is 11.9. The van der Waals surface area contributed by atoms with E-state index < -0.39 is 0 Å². The van der Waals surface area contributed by atoms with E-state index in [1.807, 2.05) is 70.6 Å². The van der Waals surface area contributed by atoms with Crippen molar-refractivity contribution in [3.63, 3.8) is 0 Å². The summed E-state index contributed by atoms with van der Waals surface area (Å²) < 4.78 is 1.80. The highest BCUT2D eigenvalue weighted by Gasteiger charge is 2.23. The van der Waals surface area contributed by atoms with Crippen molar-refractivity contribution >= 4 is 11.8 Å². The van der Waals surface area contributed by atoms with Gasteiger partial charge in [-0.25, -0.2) is 0 Å². The van der Waals surface area contributed by atoms with Gasteiger partial charge in [0.05, 0.1) is 0 Å². The van der Waals surface area contributed by atoms with Crippen molar-refractivity contribution in [2.75, 3.05) is 13.6 Å². The van der Waals surface area contributed by atoms with Crippen molar-refractivity contribution in [2.45, 2.75) is 46.6 Å². The number of carbonyl (C=O) groups is 2. The Morgan fingerprint density at radius 3 is 2.32 bits per heavy atom. The second-order valence-corrected chi connectivity index (χ2v) is 9.36. The number of nitrogens with one attached hydrogen (secondary N) is 1. The second kappa shape index (κ2) is 12.8. The van der Waals surface area contributed by atoms with Gasteiger partial charge in [-0.15, -0.1) is 0 Å². The van der Waals surface area contributed by atoms with E-state index in [9.17, 15) is 9.59 Å². The largest absolute Gasteiger partial charge is 0.351 e. The molecule has 1 atom stereocenters. The molecule has 0 bridgehead atoms. The second-order valence-electron chi connectivity index (χ2n) is 9.36. The van der Waals surface area contributed by atoms with Crippen LogP contribution in [0, 0.1) is 5.92 Å². The van der Waals surface area contributed by atoms with E-state index in [-0.39, 0.29) is 23.8 Å². The van der Waals surface area contributed by atoms with Crippen molar-refractivity contribution in [2.24, 2.45) is 13.0 Å². The number of benzene rings is 1. The lowest BCUT2D eigenvalue weighted by atomic mass is 9.98. The summed E-state index contributed by atoms with van der Waals surface area (Å²) in [5, 5.41) is 3.01. The summed E-state index contributed by atoms with van der Waals surface area (Å²) in [7, 11) is 3.70. The summed E-state index contributed by atoms with van der Waals surface area (Å²) in [6.07, 6.45) is 7.01. The van der Waals surface area contributed by atoms with Gasteiger partial charge in [-0.05, 0) is 56.4 Å². The van der Waals surface area contributed by atoms with E-state index in [4.69, 9.17) is 0 Å². The van der Waals surface area contributed by atoms with E-state index in [0.717, 1.165) is 16.7 Å². The summed E-state index contributed by atoms with van der Waals surface area (Å²) in [4.78, 5) is 27.9. The Labute approximate surface area is 204 Å². The monoisotopic (exact) mass is 461 g/mol. The third kappa shape index (κ3) is 7.91. The van der Waals surface area contributed by atoms with Crippen molar-refractivity contribution in [3.05, 3.63) is 95.4 Å². The normalized spacial score (nSPS) is 12.3. The van der Waals surface area contributed by atoms with Crippen LogP contribution in [0.3, 0.4) is 0 Å². The van der Waals surface area contributed by atoms with E-state index in [1.54, 1.807) is 15.5 Å². The molecule has 0 saturated carbocycles. The Morgan fingerprint density at radius 2 is 1.76 bits per heavy atom. The van der Waals surface area contributed by atoms with Gasteiger partial charge in [0.25, 0.3) is 11.8 Å². The van der Waals surface area contributed by atoms with Crippen LogP contribution in [-0.2, 0) is 18.3 Å². The number of hydrogen-bond donors (Lipinski definition) is 1. The fraction of sp³-hybridized carbons (Fsp3) is 0.379. The van der Waals surface area contributed by atoms with Crippen LogP contribution in [0.5, 0.6) is 0 Å². The fourth-order valence-electron chi connectivity index (χ4n) is 3.67. The minimum Gasteiger partial charge on any atom is -0.351 e. The van der Waals surface area contributed by atoms with Crippen LogP contribution < -0.4 is 5.32 Å². The van der Waals surface area contributed by atoms with E-state index in [0.29, 0.717) is 30.7 Å². The number of aromatic nitrogens is 1. The molecule has 2 rings (SSSR count). The number of allylic oxidation sites excluding steroid dienone is 3. The molecule has 2 amide bonds. The molecule has 1 N–H and O–H groups in total. The van der Waals surface area contributed by atoms with E-state index in [2.05, 4.69) is 37.9 Å². The summed E-state index contributed by atoms with van der Waals surface area (Å²) in [6.45, 7) is 12.7. The summed E-state index contributed by atoms with van der Waals surface area (Å²) in [5.41, 5.74) is 4.38. The number of nitrogens with zero attached hydrogens (tertiary/aromatic N) is 2. The summed E-state index contributed by atoms with van der Waals surface area (Å²) >= 11 is 0. The Hall–Kier alpha value is -3.34. The Kier molecular flexibility index (Phi) is 10.1. The molecule has 0 radical (unpaired) electrons. The quantitative estimate of drug-likeness (QED) is 0.364. The number of rotatable bonds is 11. The highest BCUT2D eigenvalue weighted by atomic mass is 16.2. The van der Waals surface area contributed by atoms with Gasteiger partial charge in [0.1, 0.15) is 5.69 Å². The SMILES string of the molecule is C=C(/C=C(\C=C(C)C)C(=O)N(C)[C@H](CCNC(=O)c1cccn1C)Cc1ccccc1)C(C)C. The van der Waals surface area contributed by atoms with Gasteiger partial charge in [0.2, 0.25) is 0 Å². The fourth-order valence-corrected chi connectivity index (χ4v) is 3.67. The minimum absolute atomic E-state index is 0.0438. The van der Waals surface area contributed by atoms with Crippen LogP contribution in [0.4, 0.5) is 0 Å². The first-order valence-electron chi connectivity index (χ1n) is 11.9. The van der Waals surface area contributed by atoms with Crippen molar-refractivity contribution in [3.8, 4) is 0 Å². The lowest BCUT2D eigenvalue weighted by Gasteiger charge is -2.29. The number of carbonyl (C=O) groups excluding carboxylic acids is 2. The molecule has 0 saturated heterocycles. The highest BCUT2D eigenvalue weighted by Crippen LogP contribution is 2.18. The molecule has 1 aromatic heterocycles. The van der Waals surface area contributed by atoms with Crippen molar-refractivity contribution < 1.29 is 9.59 Å². The van der Waals surface area contributed by atoms with Crippen LogP contribution in [0.2, 0.25) is 0 Å². The molecular formula is C29H39N3O2. The average Bonchev–Trinajstić information content (AvgIpc) is 3.23. The Bertz CT molecular complexity index is 1040. The standard InChI is InChI=1S/C29H39N3O2/c1-21(2)18-25(19-23(5)22(3)4)29(34)32(7)26(20-24-12-9-8-10-13-24)15-16-30-28(33)27-14-11-17-31(27)6/h8-14,17-19,22,26H,5,15-16,20H2,1-4,6-7H3,(H,30,33)/b25-19+/t26-/m1/s1. The molecule has 0 fully saturated rings. The first kappa shape index (κ1) is 26.9. The van der Waals surface area contributed by atoms with Crippen molar-refractivity contribution in [1.82, 2.24) is 14.8 Å². The van der Waals surface area contributed by atoms with Crippen molar-refractivity contribution in [1.29, 1.82) is 0 Å². The average molecular weight is 462 g/mol. The van der Waals surface area contributed by atoms with Gasteiger partial charge in [-0.3, -0.25) is 9.59 Å². The van der Waals surface area contributed by atoms with Gasteiger partial charge in [-0.1, -0.05) is 68.0 Å². The molecule has 0 aliphatic heterocycles. The zero-order valence-electron chi connectivity index (χ0n) is 21.5. The lowest BCUT2D eigenvalue weighted by molar-refractivity contribution is -0.127. The lowest BCUT2D eigenvalue weighted by Crippen LogP contribution is -2.41. The third-order valence-corrected chi connectivity index (χ3v) is 5.90. The van der Waals surface area contributed by atoms with Crippen LogP contribution in [0.25, 0.3) is 0 Å². The van der Waals surface area contributed by atoms with E-state index in [1.165, 1.54) is 0 Å². The van der Waals surface area contributed by atoms with Gasteiger partial charge >= 0.3 is 0 Å². The molecule has 0 spiro atoms.